The van der Waals surface area contributed by atoms with Gasteiger partial charge in [0.1, 0.15) is 18.4 Å². The Morgan fingerprint density at radius 2 is 1.69 bits per heavy atom. The molecule has 10 heteroatoms. The van der Waals surface area contributed by atoms with E-state index < -0.39 is 34.5 Å². The highest BCUT2D eigenvalue weighted by Crippen LogP contribution is 2.22. The summed E-state index contributed by atoms with van der Waals surface area (Å²) in [6, 6.07) is 11.7. The van der Waals surface area contributed by atoms with E-state index in [4.69, 9.17) is 0 Å². The second-order valence-electron chi connectivity index (χ2n) is 9.35. The molecule has 0 saturated heterocycles. The third-order valence-electron chi connectivity index (χ3n) is 5.64. The molecule has 2 aromatic carbocycles. The van der Waals surface area contributed by atoms with E-state index in [2.05, 4.69) is 5.32 Å². The van der Waals surface area contributed by atoms with Gasteiger partial charge in [-0.25, -0.2) is 8.70 Å². The second-order valence-corrected chi connectivity index (χ2v) is 11.4. The predicted molar refractivity (Wildman–Crippen MR) is 140 cm³/mol. The van der Waals surface area contributed by atoms with E-state index in [1.54, 1.807) is 0 Å². The number of halogens is 1. The fraction of sp³-hybridized carbons (Fsp3) is 0.462. The molecule has 2 aromatic rings. The van der Waals surface area contributed by atoms with Gasteiger partial charge in [0.05, 0.1) is 5.69 Å². The normalized spacial score (nSPS) is 12.5. The number of benzene rings is 2. The first kappa shape index (κ1) is 29.3. The minimum absolute atomic E-state index is 0.132. The zero-order valence-electron chi connectivity index (χ0n) is 21.9. The van der Waals surface area contributed by atoms with Crippen LogP contribution in [0.4, 0.5) is 10.1 Å². The molecular weight excluding hydrogens is 483 g/mol. The van der Waals surface area contributed by atoms with Crippen LogP contribution in [0.15, 0.2) is 48.5 Å². The topological polar surface area (TPSA) is 90.0 Å². The van der Waals surface area contributed by atoms with E-state index in [-0.39, 0.29) is 24.1 Å². The maximum atomic E-state index is 13.7. The maximum Gasteiger partial charge on any atom is 0.304 e. The van der Waals surface area contributed by atoms with Gasteiger partial charge in [0.15, 0.2) is 0 Å². The Morgan fingerprint density at radius 1 is 1.06 bits per heavy atom. The lowest BCUT2D eigenvalue weighted by Gasteiger charge is -2.34. The summed E-state index contributed by atoms with van der Waals surface area (Å²) in [5, 5.41) is 2.89. The SMILES string of the molecule is CC[C@@H](C(=O)NCC(C)C)N(Cc1cccc(C)c1)C(=O)CN(c1ccc(F)cc1)S(=O)(=O)N(C)C. The largest absolute Gasteiger partial charge is 0.354 e. The minimum atomic E-state index is -4.09. The molecule has 8 nitrogen and oxygen atoms in total. The van der Waals surface area contributed by atoms with Gasteiger partial charge in [-0.1, -0.05) is 50.6 Å². The molecule has 0 fully saturated rings. The lowest BCUT2D eigenvalue weighted by atomic mass is 10.1. The molecular formula is C26H37FN4O4S. The molecule has 1 atom stereocenters. The van der Waals surface area contributed by atoms with Gasteiger partial charge in [0, 0.05) is 27.2 Å². The number of amides is 2. The van der Waals surface area contributed by atoms with Crippen LogP contribution in [0.3, 0.4) is 0 Å². The fourth-order valence-corrected chi connectivity index (χ4v) is 4.73. The molecule has 0 radical (unpaired) electrons. The number of nitrogens with zero attached hydrogens (tertiary/aromatic N) is 3. The Balaban J connectivity index is 2.48. The van der Waals surface area contributed by atoms with Crippen LogP contribution in [0, 0.1) is 18.7 Å². The summed E-state index contributed by atoms with van der Waals surface area (Å²) in [5.41, 5.74) is 1.97. The van der Waals surface area contributed by atoms with Crippen LogP contribution < -0.4 is 9.62 Å². The highest BCUT2D eigenvalue weighted by Gasteiger charge is 2.33. The lowest BCUT2D eigenvalue weighted by molar-refractivity contribution is -0.140. The van der Waals surface area contributed by atoms with Crippen molar-refractivity contribution in [1.82, 2.24) is 14.5 Å². The summed E-state index contributed by atoms with van der Waals surface area (Å²) >= 11 is 0. The molecule has 0 aliphatic rings. The van der Waals surface area contributed by atoms with Gasteiger partial charge >= 0.3 is 10.2 Å². The third kappa shape index (κ3) is 7.76. The molecule has 2 rings (SSSR count). The lowest BCUT2D eigenvalue weighted by Crippen LogP contribution is -2.53. The zero-order valence-corrected chi connectivity index (χ0v) is 22.7. The Bertz CT molecular complexity index is 1140. The molecule has 0 saturated carbocycles. The van der Waals surface area contributed by atoms with Crippen LogP contribution in [0.25, 0.3) is 0 Å². The number of carbonyl (C=O) groups excluding carboxylic acids is 2. The first-order chi connectivity index (χ1) is 16.9. The van der Waals surface area contributed by atoms with Crippen LogP contribution >= 0.6 is 0 Å². The Morgan fingerprint density at radius 3 is 2.22 bits per heavy atom. The second kappa shape index (κ2) is 12.8. The average molecular weight is 521 g/mol. The van der Waals surface area contributed by atoms with Crippen LogP contribution in [-0.2, 0) is 26.3 Å². The molecule has 0 spiro atoms. The van der Waals surface area contributed by atoms with Crippen LogP contribution in [0.2, 0.25) is 0 Å². The molecule has 0 aliphatic carbocycles. The quantitative estimate of drug-likeness (QED) is 0.465. The van der Waals surface area contributed by atoms with Crippen molar-refractivity contribution >= 4 is 27.7 Å². The van der Waals surface area contributed by atoms with Crippen molar-refractivity contribution in [2.75, 3.05) is 31.5 Å². The van der Waals surface area contributed by atoms with Gasteiger partial charge in [-0.3, -0.25) is 9.59 Å². The van der Waals surface area contributed by atoms with Crippen LogP contribution in [0.5, 0.6) is 0 Å². The Hall–Kier alpha value is -2.98. The number of hydrogen-bond donors (Lipinski definition) is 1. The Labute approximate surface area is 214 Å². The number of aryl methyl sites for hydroxylation is 1. The highest BCUT2D eigenvalue weighted by atomic mass is 32.2. The van der Waals surface area contributed by atoms with Crippen LogP contribution in [-0.4, -0.2) is 62.7 Å². The molecule has 0 bridgehead atoms. The first-order valence-electron chi connectivity index (χ1n) is 11.9. The monoisotopic (exact) mass is 520 g/mol. The van der Waals surface area contributed by atoms with Crippen LogP contribution in [0.1, 0.15) is 38.3 Å². The van der Waals surface area contributed by atoms with E-state index >= 15 is 0 Å². The zero-order chi connectivity index (χ0) is 27.0. The van der Waals surface area contributed by atoms with E-state index in [1.807, 2.05) is 52.0 Å². The smallest absolute Gasteiger partial charge is 0.304 e. The van der Waals surface area contributed by atoms with Gasteiger partial charge in [-0.05, 0) is 49.1 Å². The molecule has 0 heterocycles. The highest BCUT2D eigenvalue weighted by molar-refractivity contribution is 7.90. The molecule has 1 N–H and O–H groups in total. The van der Waals surface area contributed by atoms with Gasteiger partial charge in [0.25, 0.3) is 0 Å². The number of anilines is 1. The number of carbonyl (C=O) groups is 2. The molecule has 36 heavy (non-hydrogen) atoms. The van der Waals surface area contributed by atoms with E-state index in [1.165, 1.54) is 31.1 Å². The molecule has 0 aliphatic heterocycles. The molecule has 0 unspecified atom stereocenters. The van der Waals surface area contributed by atoms with Gasteiger partial charge < -0.3 is 10.2 Å². The predicted octanol–water partition coefficient (Wildman–Crippen LogP) is 3.33. The average Bonchev–Trinajstić information content (AvgIpc) is 2.81. The summed E-state index contributed by atoms with van der Waals surface area (Å²) in [4.78, 5) is 28.3. The fourth-order valence-electron chi connectivity index (χ4n) is 3.67. The van der Waals surface area contributed by atoms with Crippen molar-refractivity contribution in [3.63, 3.8) is 0 Å². The number of hydrogen-bond acceptors (Lipinski definition) is 4. The standard InChI is InChI=1S/C26H37FN4O4S/c1-7-24(26(33)28-16-19(2)3)30(17-21-10-8-9-20(4)15-21)25(32)18-31(36(34,35)29(5)6)23-13-11-22(27)12-14-23/h8-15,19,24H,7,16-18H2,1-6H3,(H,28,33)/t24-/m0/s1. The van der Waals surface area contributed by atoms with Crippen molar-refractivity contribution in [3.05, 3.63) is 65.5 Å². The van der Waals surface area contributed by atoms with Crippen molar-refractivity contribution in [1.29, 1.82) is 0 Å². The van der Waals surface area contributed by atoms with Gasteiger partial charge in [-0.15, -0.1) is 0 Å². The van der Waals surface area contributed by atoms with Crippen molar-refractivity contribution < 1.29 is 22.4 Å². The van der Waals surface area contributed by atoms with Crippen molar-refractivity contribution in [3.8, 4) is 0 Å². The summed E-state index contributed by atoms with van der Waals surface area (Å²) < 4.78 is 41.7. The van der Waals surface area contributed by atoms with E-state index in [0.717, 1.165) is 31.9 Å². The number of rotatable bonds is 12. The summed E-state index contributed by atoms with van der Waals surface area (Å²) in [7, 11) is -1.38. The Kier molecular flexibility index (Phi) is 10.4. The maximum absolute atomic E-state index is 13.7. The summed E-state index contributed by atoms with van der Waals surface area (Å²) in [6.07, 6.45) is 0.346. The first-order valence-corrected chi connectivity index (χ1v) is 13.3. The minimum Gasteiger partial charge on any atom is -0.354 e. The van der Waals surface area contributed by atoms with Crippen molar-refractivity contribution in [2.24, 2.45) is 5.92 Å². The summed E-state index contributed by atoms with van der Waals surface area (Å²) in [6.45, 7) is 7.73. The molecule has 0 aromatic heterocycles. The van der Waals surface area contributed by atoms with Crippen molar-refractivity contribution in [2.45, 2.75) is 46.7 Å². The molecule has 2 amide bonds. The van der Waals surface area contributed by atoms with Gasteiger partial charge in [-0.2, -0.15) is 12.7 Å². The molecule has 198 valence electrons. The van der Waals surface area contributed by atoms with Gasteiger partial charge in [0.2, 0.25) is 11.8 Å². The van der Waals surface area contributed by atoms with E-state index in [0.29, 0.717) is 13.0 Å². The summed E-state index contributed by atoms with van der Waals surface area (Å²) in [5.74, 6) is -1.14. The number of nitrogens with one attached hydrogen (secondary N) is 1. The third-order valence-corrected chi connectivity index (χ3v) is 7.46. The van der Waals surface area contributed by atoms with E-state index in [9.17, 15) is 22.4 Å².